The number of carbonyl (C=O) groups excluding carboxylic acids is 2. The van der Waals surface area contributed by atoms with Crippen molar-refractivity contribution in [1.29, 1.82) is 0 Å². The second-order valence-corrected chi connectivity index (χ2v) is 6.84. The molecule has 0 spiro atoms. The fourth-order valence-corrected chi connectivity index (χ4v) is 3.17. The Morgan fingerprint density at radius 1 is 1.10 bits per heavy atom. The van der Waals surface area contributed by atoms with Gasteiger partial charge in [0.2, 0.25) is 5.91 Å². The lowest BCUT2D eigenvalue weighted by Gasteiger charge is -2.19. The summed E-state index contributed by atoms with van der Waals surface area (Å²) in [4.78, 5) is 34.4. The molecule has 1 amide bonds. The van der Waals surface area contributed by atoms with Crippen LogP contribution in [0.1, 0.15) is 48.0 Å². The number of nitro benzene ring substituents is 1. The van der Waals surface area contributed by atoms with Gasteiger partial charge in [-0.05, 0) is 42.7 Å². The lowest BCUT2D eigenvalue weighted by molar-refractivity contribution is -0.384. The van der Waals surface area contributed by atoms with Gasteiger partial charge in [-0.15, -0.1) is 0 Å². The molecule has 2 aromatic carbocycles. The first kappa shape index (κ1) is 20.2. The van der Waals surface area contributed by atoms with Crippen molar-refractivity contribution in [3.63, 3.8) is 0 Å². The molecule has 1 saturated carbocycles. The van der Waals surface area contributed by atoms with E-state index in [0.717, 1.165) is 25.7 Å². The number of rotatable bonds is 6. The molecule has 0 radical (unpaired) electrons. The Kier molecular flexibility index (Phi) is 6.67. The van der Waals surface area contributed by atoms with Crippen LogP contribution in [0, 0.1) is 16.0 Å². The molecule has 1 fully saturated rings. The van der Waals surface area contributed by atoms with Gasteiger partial charge in [0.25, 0.3) is 5.69 Å². The van der Waals surface area contributed by atoms with E-state index in [-0.39, 0.29) is 23.1 Å². The van der Waals surface area contributed by atoms with E-state index in [0.29, 0.717) is 11.3 Å². The van der Waals surface area contributed by atoms with Crippen molar-refractivity contribution < 1.29 is 19.2 Å². The molecule has 0 bridgehead atoms. The maximum Gasteiger partial charge on any atom is 0.343 e. The van der Waals surface area contributed by atoms with Gasteiger partial charge in [0.1, 0.15) is 5.75 Å². The Labute approximate surface area is 167 Å². The number of hydrogen-bond donors (Lipinski definition) is 1. The molecule has 0 aromatic heterocycles. The highest BCUT2D eigenvalue weighted by atomic mass is 16.6. The second kappa shape index (κ2) is 9.59. The number of carbonyl (C=O) groups is 2. The van der Waals surface area contributed by atoms with Crippen LogP contribution in [-0.4, -0.2) is 23.0 Å². The topological polar surface area (TPSA) is 111 Å². The fraction of sp³-hybridized carbons (Fsp3) is 0.286. The maximum atomic E-state index is 12.2. The third-order valence-corrected chi connectivity index (χ3v) is 4.75. The van der Waals surface area contributed by atoms with Crippen LogP contribution in [0.5, 0.6) is 5.75 Å². The van der Waals surface area contributed by atoms with Gasteiger partial charge >= 0.3 is 5.97 Å². The van der Waals surface area contributed by atoms with Crippen LogP contribution in [0.25, 0.3) is 0 Å². The Balaban J connectivity index is 1.57. The standard InChI is InChI=1S/C21H21N3O5/c25-20(16-6-2-1-3-7-16)23-22-14-15-5-4-8-19(13-15)29-21(26)17-9-11-18(12-10-17)24(27)28/h4-5,8-14,16H,1-3,6-7H2,(H,23,25). The minimum absolute atomic E-state index is 0.0230. The molecule has 1 aliphatic rings. The van der Waals surface area contributed by atoms with E-state index in [1.807, 2.05) is 0 Å². The first-order valence-corrected chi connectivity index (χ1v) is 9.42. The minimum atomic E-state index is -0.625. The number of hydrazone groups is 1. The van der Waals surface area contributed by atoms with Crippen LogP contribution in [0.3, 0.4) is 0 Å². The van der Waals surface area contributed by atoms with Crippen LogP contribution in [-0.2, 0) is 4.79 Å². The van der Waals surface area contributed by atoms with Crippen molar-refractivity contribution >= 4 is 23.8 Å². The number of benzene rings is 2. The first-order valence-electron chi connectivity index (χ1n) is 9.42. The third kappa shape index (κ3) is 5.71. The van der Waals surface area contributed by atoms with Crippen LogP contribution >= 0.6 is 0 Å². The van der Waals surface area contributed by atoms with Crippen molar-refractivity contribution in [2.24, 2.45) is 11.0 Å². The zero-order valence-electron chi connectivity index (χ0n) is 15.7. The fourth-order valence-electron chi connectivity index (χ4n) is 3.17. The molecule has 8 nitrogen and oxygen atoms in total. The van der Waals surface area contributed by atoms with Gasteiger partial charge in [0.05, 0.1) is 16.7 Å². The monoisotopic (exact) mass is 395 g/mol. The van der Waals surface area contributed by atoms with E-state index < -0.39 is 10.9 Å². The highest BCUT2D eigenvalue weighted by Crippen LogP contribution is 2.23. The number of hydrogen-bond acceptors (Lipinski definition) is 6. The predicted octanol–water partition coefficient (Wildman–Crippen LogP) is 3.84. The largest absolute Gasteiger partial charge is 0.423 e. The van der Waals surface area contributed by atoms with Gasteiger partial charge in [-0.3, -0.25) is 14.9 Å². The molecule has 29 heavy (non-hydrogen) atoms. The summed E-state index contributed by atoms with van der Waals surface area (Å²) in [6.45, 7) is 0. The zero-order valence-corrected chi connectivity index (χ0v) is 15.7. The Morgan fingerprint density at radius 3 is 2.52 bits per heavy atom. The number of ether oxygens (including phenoxy) is 1. The summed E-state index contributed by atoms with van der Waals surface area (Å²) >= 11 is 0. The highest BCUT2D eigenvalue weighted by Gasteiger charge is 2.20. The number of nitrogens with one attached hydrogen (secondary N) is 1. The van der Waals surface area contributed by atoms with Crippen molar-refractivity contribution in [1.82, 2.24) is 5.43 Å². The van der Waals surface area contributed by atoms with Crippen molar-refractivity contribution in [2.75, 3.05) is 0 Å². The number of nitrogens with zero attached hydrogens (tertiary/aromatic N) is 2. The molecular weight excluding hydrogens is 374 g/mol. The average molecular weight is 395 g/mol. The number of amides is 1. The Hall–Kier alpha value is -3.55. The van der Waals surface area contributed by atoms with Crippen molar-refractivity contribution in [3.8, 4) is 5.75 Å². The lowest BCUT2D eigenvalue weighted by atomic mass is 9.89. The van der Waals surface area contributed by atoms with E-state index in [2.05, 4.69) is 10.5 Å². The van der Waals surface area contributed by atoms with Crippen LogP contribution in [0.2, 0.25) is 0 Å². The molecule has 0 atom stereocenters. The molecule has 0 saturated heterocycles. The molecule has 8 heteroatoms. The minimum Gasteiger partial charge on any atom is -0.423 e. The van der Waals surface area contributed by atoms with Gasteiger partial charge in [0.15, 0.2) is 0 Å². The summed E-state index contributed by atoms with van der Waals surface area (Å²) in [5.41, 5.74) is 3.33. The molecular formula is C21H21N3O5. The smallest absolute Gasteiger partial charge is 0.343 e. The summed E-state index contributed by atoms with van der Waals surface area (Å²) in [7, 11) is 0. The van der Waals surface area contributed by atoms with Crippen molar-refractivity contribution in [3.05, 3.63) is 69.8 Å². The molecule has 0 aliphatic heterocycles. The summed E-state index contributed by atoms with van der Waals surface area (Å²) in [5, 5.41) is 14.7. The maximum absolute atomic E-state index is 12.2. The molecule has 1 N–H and O–H groups in total. The van der Waals surface area contributed by atoms with Gasteiger partial charge in [-0.1, -0.05) is 31.4 Å². The lowest BCUT2D eigenvalue weighted by Crippen LogP contribution is -2.28. The summed E-state index contributed by atoms with van der Waals surface area (Å²) in [5.74, 6) is -0.368. The third-order valence-electron chi connectivity index (χ3n) is 4.75. The normalized spacial score (nSPS) is 14.5. The molecule has 2 aromatic rings. The summed E-state index contributed by atoms with van der Waals surface area (Å²) in [6.07, 6.45) is 6.61. The molecule has 0 unspecified atom stereocenters. The Bertz CT molecular complexity index is 918. The van der Waals surface area contributed by atoms with Crippen molar-refractivity contribution in [2.45, 2.75) is 32.1 Å². The molecule has 150 valence electrons. The van der Waals surface area contributed by atoms with Gasteiger partial charge in [-0.2, -0.15) is 5.10 Å². The number of non-ortho nitro benzene ring substituents is 1. The van der Waals surface area contributed by atoms with Gasteiger partial charge in [-0.25, -0.2) is 10.2 Å². The number of nitro groups is 1. The predicted molar refractivity (Wildman–Crippen MR) is 107 cm³/mol. The van der Waals surface area contributed by atoms with E-state index in [1.165, 1.54) is 36.9 Å². The van der Waals surface area contributed by atoms with Crippen LogP contribution in [0.4, 0.5) is 5.69 Å². The summed E-state index contributed by atoms with van der Waals surface area (Å²) in [6, 6.07) is 11.9. The molecule has 1 aliphatic carbocycles. The van der Waals surface area contributed by atoms with E-state index in [1.54, 1.807) is 24.3 Å². The second-order valence-electron chi connectivity index (χ2n) is 6.84. The van der Waals surface area contributed by atoms with Crippen LogP contribution < -0.4 is 10.2 Å². The SMILES string of the molecule is O=C(Oc1cccc(C=NNC(=O)C2CCCCC2)c1)c1ccc([N+](=O)[O-])cc1. The summed E-state index contributed by atoms with van der Waals surface area (Å²) < 4.78 is 5.31. The quantitative estimate of drug-likeness (QED) is 0.263. The van der Waals surface area contributed by atoms with Gasteiger partial charge < -0.3 is 4.74 Å². The average Bonchev–Trinajstić information content (AvgIpc) is 2.74. The highest BCUT2D eigenvalue weighted by molar-refractivity contribution is 5.91. The van der Waals surface area contributed by atoms with E-state index >= 15 is 0 Å². The van der Waals surface area contributed by atoms with Gasteiger partial charge in [0, 0.05) is 18.1 Å². The molecule has 3 rings (SSSR count). The zero-order chi connectivity index (χ0) is 20.6. The number of esters is 1. The van der Waals surface area contributed by atoms with E-state index in [9.17, 15) is 19.7 Å². The van der Waals surface area contributed by atoms with E-state index in [4.69, 9.17) is 4.74 Å². The molecule has 0 heterocycles. The Morgan fingerprint density at radius 2 is 1.83 bits per heavy atom. The van der Waals surface area contributed by atoms with Crippen LogP contribution in [0.15, 0.2) is 53.6 Å². The first-order chi connectivity index (χ1) is 14.0.